The van der Waals surface area contributed by atoms with Gasteiger partial charge in [0.15, 0.2) is 0 Å². The molecule has 1 fully saturated rings. The molecule has 0 atom stereocenters. The summed E-state index contributed by atoms with van der Waals surface area (Å²) in [7, 11) is 0. The monoisotopic (exact) mass is 398 g/mol. The molecule has 0 spiro atoms. The number of amides is 2. The summed E-state index contributed by atoms with van der Waals surface area (Å²) in [6, 6.07) is 0. The third kappa shape index (κ3) is 4.23. The van der Waals surface area contributed by atoms with E-state index in [1.54, 1.807) is 18.7 Å². The van der Waals surface area contributed by atoms with Crippen molar-refractivity contribution in [2.24, 2.45) is 0 Å². The molecular formula is C17H21F3N6O2. The molecule has 0 bridgehead atoms. The number of halogens is 3. The van der Waals surface area contributed by atoms with Gasteiger partial charge in [0.25, 0.3) is 11.6 Å². The Morgan fingerprint density at radius 2 is 1.82 bits per heavy atom. The van der Waals surface area contributed by atoms with E-state index in [0.717, 1.165) is 30.4 Å². The van der Waals surface area contributed by atoms with E-state index in [1.807, 2.05) is 0 Å². The van der Waals surface area contributed by atoms with Crippen molar-refractivity contribution >= 4 is 17.6 Å². The van der Waals surface area contributed by atoms with E-state index in [9.17, 15) is 22.8 Å². The van der Waals surface area contributed by atoms with Gasteiger partial charge in [0, 0.05) is 30.9 Å². The number of nitrogens with zero attached hydrogens (tertiary/aromatic N) is 5. The lowest BCUT2D eigenvalue weighted by Crippen LogP contribution is -2.38. The predicted octanol–water partition coefficient (Wildman–Crippen LogP) is 1.43. The lowest BCUT2D eigenvalue weighted by molar-refractivity contribution is -0.144. The number of hydrogen-bond donors (Lipinski definition) is 1. The quantitative estimate of drug-likeness (QED) is 0.823. The number of nitrogens with one attached hydrogen (secondary N) is 1. The Balaban J connectivity index is 1.65. The number of rotatable bonds is 5. The van der Waals surface area contributed by atoms with Gasteiger partial charge in [-0.25, -0.2) is 9.50 Å². The van der Waals surface area contributed by atoms with Crippen LogP contribution in [-0.4, -0.2) is 55.9 Å². The number of carbonyl (C=O) groups is 2. The Morgan fingerprint density at radius 3 is 2.46 bits per heavy atom. The minimum Gasteiger partial charge on any atom is -0.347 e. The zero-order chi connectivity index (χ0) is 20.5. The summed E-state index contributed by atoms with van der Waals surface area (Å²) in [4.78, 5) is 33.2. The van der Waals surface area contributed by atoms with Gasteiger partial charge in [-0.3, -0.25) is 9.59 Å². The van der Waals surface area contributed by atoms with Crippen molar-refractivity contribution in [3.8, 4) is 0 Å². The molecule has 3 heterocycles. The van der Waals surface area contributed by atoms with Crippen molar-refractivity contribution < 1.29 is 22.8 Å². The maximum atomic E-state index is 12.8. The normalized spacial score (nSPS) is 14.7. The van der Waals surface area contributed by atoms with Crippen LogP contribution in [0.25, 0.3) is 5.78 Å². The van der Waals surface area contributed by atoms with Crippen LogP contribution >= 0.6 is 0 Å². The number of fused-ring (bicyclic) bond motifs is 1. The maximum absolute atomic E-state index is 12.8. The van der Waals surface area contributed by atoms with E-state index >= 15 is 0 Å². The van der Waals surface area contributed by atoms with Gasteiger partial charge in [-0.2, -0.15) is 18.2 Å². The zero-order valence-corrected chi connectivity index (χ0v) is 15.6. The van der Waals surface area contributed by atoms with Crippen molar-refractivity contribution in [1.29, 1.82) is 0 Å². The van der Waals surface area contributed by atoms with Crippen molar-refractivity contribution in [2.75, 3.05) is 19.6 Å². The summed E-state index contributed by atoms with van der Waals surface area (Å²) >= 11 is 0. The van der Waals surface area contributed by atoms with Crippen molar-refractivity contribution in [2.45, 2.75) is 45.7 Å². The van der Waals surface area contributed by atoms with Gasteiger partial charge >= 0.3 is 6.18 Å². The molecule has 1 aliphatic heterocycles. The summed E-state index contributed by atoms with van der Waals surface area (Å²) in [6.45, 7) is 4.65. The average Bonchev–Trinajstić information content (AvgIpc) is 3.28. The first kappa shape index (κ1) is 20.0. The van der Waals surface area contributed by atoms with Gasteiger partial charge in [-0.05, 0) is 38.7 Å². The number of likely N-dealkylation sites (tertiary alicyclic amines) is 1. The molecule has 0 aromatic carbocycles. The Morgan fingerprint density at radius 1 is 1.14 bits per heavy atom. The molecule has 11 heteroatoms. The van der Waals surface area contributed by atoms with Crippen LogP contribution < -0.4 is 5.32 Å². The summed E-state index contributed by atoms with van der Waals surface area (Å²) < 4.78 is 39.5. The first-order chi connectivity index (χ1) is 13.2. The van der Waals surface area contributed by atoms with Crippen LogP contribution in [0.2, 0.25) is 0 Å². The fourth-order valence-electron chi connectivity index (χ4n) is 3.27. The Bertz CT molecular complexity index is 902. The molecule has 0 saturated carbocycles. The van der Waals surface area contributed by atoms with E-state index < -0.39 is 12.0 Å². The highest BCUT2D eigenvalue weighted by molar-refractivity contribution is 5.84. The minimum absolute atomic E-state index is 0.0495. The van der Waals surface area contributed by atoms with Gasteiger partial charge in [-0.1, -0.05) is 0 Å². The highest BCUT2D eigenvalue weighted by atomic mass is 19.4. The molecule has 2 aromatic heterocycles. The number of aryl methyl sites for hydroxylation is 2. The molecule has 0 unspecified atom stereocenters. The van der Waals surface area contributed by atoms with E-state index in [4.69, 9.17) is 0 Å². The predicted molar refractivity (Wildman–Crippen MR) is 92.4 cm³/mol. The molecule has 2 aromatic rings. The largest absolute Gasteiger partial charge is 0.453 e. The molecule has 8 nitrogen and oxygen atoms in total. The topological polar surface area (TPSA) is 92.5 Å². The van der Waals surface area contributed by atoms with Gasteiger partial charge in [0.05, 0.1) is 6.54 Å². The fraction of sp³-hybridized carbons (Fsp3) is 0.588. The highest BCUT2D eigenvalue weighted by Gasteiger charge is 2.37. The maximum Gasteiger partial charge on any atom is 0.453 e. The lowest BCUT2D eigenvalue weighted by atomic mass is 10.1. The highest BCUT2D eigenvalue weighted by Crippen LogP contribution is 2.27. The van der Waals surface area contributed by atoms with Crippen LogP contribution in [0.15, 0.2) is 0 Å². The second-order valence-electron chi connectivity index (χ2n) is 6.77. The van der Waals surface area contributed by atoms with Crippen molar-refractivity contribution in [3.05, 3.63) is 22.8 Å². The van der Waals surface area contributed by atoms with Crippen LogP contribution in [0, 0.1) is 13.8 Å². The van der Waals surface area contributed by atoms with Crippen molar-refractivity contribution in [3.63, 3.8) is 0 Å². The Kier molecular flexibility index (Phi) is 5.52. The van der Waals surface area contributed by atoms with E-state index in [2.05, 4.69) is 20.4 Å². The van der Waals surface area contributed by atoms with Gasteiger partial charge in [0.2, 0.25) is 11.8 Å². The van der Waals surface area contributed by atoms with E-state index in [0.29, 0.717) is 17.0 Å². The number of aromatic nitrogens is 4. The molecule has 28 heavy (non-hydrogen) atoms. The lowest BCUT2D eigenvalue weighted by Gasteiger charge is -2.15. The second-order valence-corrected chi connectivity index (χ2v) is 6.77. The minimum atomic E-state index is -4.66. The molecule has 1 N–H and O–H groups in total. The number of carbonyl (C=O) groups excluding carboxylic acids is 2. The van der Waals surface area contributed by atoms with Crippen LogP contribution in [0.3, 0.4) is 0 Å². The third-order valence-electron chi connectivity index (χ3n) is 4.80. The van der Waals surface area contributed by atoms with E-state index in [-0.39, 0.29) is 37.0 Å². The van der Waals surface area contributed by atoms with Crippen LogP contribution in [-0.2, 0) is 22.2 Å². The number of hydrogen-bond acceptors (Lipinski definition) is 5. The fourth-order valence-corrected chi connectivity index (χ4v) is 3.27. The standard InChI is InChI=1S/C17H21F3N6O2/c1-10-12(5-6-13(27)21-9-14(28)25-7-3-4-8-25)11(2)26-16(22-10)23-15(24-26)17(18,19)20/h3-9H2,1-2H3,(H,21,27). The van der Waals surface area contributed by atoms with Crippen LogP contribution in [0.5, 0.6) is 0 Å². The molecule has 0 radical (unpaired) electrons. The molecule has 152 valence electrons. The first-order valence-corrected chi connectivity index (χ1v) is 9.01. The zero-order valence-electron chi connectivity index (χ0n) is 15.6. The number of alkyl halides is 3. The molecule has 1 saturated heterocycles. The second kappa shape index (κ2) is 7.72. The SMILES string of the molecule is Cc1nc2nc(C(F)(F)F)nn2c(C)c1CCC(=O)NCC(=O)N1CCCC1. The summed E-state index contributed by atoms with van der Waals surface area (Å²) in [5, 5.41) is 6.08. The van der Waals surface area contributed by atoms with Crippen LogP contribution in [0.1, 0.15) is 42.0 Å². The van der Waals surface area contributed by atoms with Crippen molar-refractivity contribution in [1.82, 2.24) is 29.8 Å². The summed E-state index contributed by atoms with van der Waals surface area (Å²) in [5.74, 6) is -1.80. The van der Waals surface area contributed by atoms with Gasteiger partial charge in [0.1, 0.15) is 0 Å². The van der Waals surface area contributed by atoms with Gasteiger partial charge < -0.3 is 10.2 Å². The molecule has 3 rings (SSSR count). The first-order valence-electron chi connectivity index (χ1n) is 9.01. The Hall–Kier alpha value is -2.72. The summed E-state index contributed by atoms with van der Waals surface area (Å²) in [6.07, 6.45) is -2.34. The molecular weight excluding hydrogens is 377 g/mol. The smallest absolute Gasteiger partial charge is 0.347 e. The van der Waals surface area contributed by atoms with Crippen LogP contribution in [0.4, 0.5) is 13.2 Å². The molecule has 2 amide bonds. The molecule has 1 aliphatic rings. The molecule has 0 aliphatic carbocycles. The average molecular weight is 398 g/mol. The van der Waals surface area contributed by atoms with Gasteiger partial charge in [-0.15, -0.1) is 5.10 Å². The summed E-state index contributed by atoms with van der Waals surface area (Å²) in [5.41, 5.74) is 1.57. The third-order valence-corrected chi connectivity index (χ3v) is 4.80. The Labute approximate surface area is 159 Å². The van der Waals surface area contributed by atoms with E-state index in [1.165, 1.54) is 0 Å².